The molecule has 0 aromatic rings. The Morgan fingerprint density at radius 1 is 1.41 bits per heavy atom. The number of nitrogens with zero attached hydrogens (tertiary/aromatic N) is 1. The Morgan fingerprint density at radius 3 is 2.41 bits per heavy atom. The maximum atomic E-state index is 9.71. The fraction of sp³-hybridized carbons (Fsp3) is 0.923. The van der Waals surface area contributed by atoms with Crippen molar-refractivity contribution in [3.8, 4) is 0 Å². The van der Waals surface area contributed by atoms with Crippen LogP contribution in [0.1, 0.15) is 33.1 Å². The quantitative estimate of drug-likeness (QED) is 0.723. The van der Waals surface area contributed by atoms with E-state index in [2.05, 4.69) is 18.7 Å². The first kappa shape index (κ1) is 16.6. The molecule has 1 aliphatic heterocycles. The number of β-amino-alcohol motifs (C(OH)–C–C–N with tert-alkyl or cyclic N) is 1. The normalized spacial score (nSPS) is 25.3. The van der Waals surface area contributed by atoms with Gasteiger partial charge in [0.2, 0.25) is 0 Å². The van der Waals surface area contributed by atoms with Crippen LogP contribution < -0.4 is 0 Å². The molecule has 2 N–H and O–H groups in total. The van der Waals surface area contributed by atoms with Crippen molar-refractivity contribution in [1.29, 1.82) is 0 Å². The summed E-state index contributed by atoms with van der Waals surface area (Å²) in [6.07, 6.45) is 3.23. The first-order valence-corrected chi connectivity index (χ1v) is 6.40. The van der Waals surface area contributed by atoms with Gasteiger partial charge in [0, 0.05) is 26.1 Å². The van der Waals surface area contributed by atoms with Crippen LogP contribution in [-0.2, 0) is 4.79 Å². The van der Waals surface area contributed by atoms with Crippen molar-refractivity contribution >= 4 is 6.29 Å². The number of carbonyl (C=O) groups excluding carboxylic acids is 1. The highest BCUT2D eigenvalue weighted by atomic mass is 16.3. The highest BCUT2D eigenvalue weighted by Crippen LogP contribution is 2.14. The van der Waals surface area contributed by atoms with Crippen LogP contribution in [0.25, 0.3) is 0 Å². The smallest absolute Gasteiger partial charge is 0.120 e. The zero-order valence-corrected chi connectivity index (χ0v) is 11.3. The number of likely N-dealkylation sites (tertiary alicyclic amines) is 1. The number of piperidine rings is 1. The molecule has 4 nitrogen and oxygen atoms in total. The number of hydrogen-bond donors (Lipinski definition) is 2. The molecule has 0 aliphatic carbocycles. The Hall–Kier alpha value is -0.450. The van der Waals surface area contributed by atoms with Crippen LogP contribution in [0, 0.1) is 11.8 Å². The summed E-state index contributed by atoms with van der Waals surface area (Å²) in [6.45, 7) is 6.08. The number of hydrogen-bond acceptors (Lipinski definition) is 4. The molecule has 1 saturated heterocycles. The molecule has 2 atom stereocenters. The monoisotopic (exact) mass is 245 g/mol. The third kappa shape index (κ3) is 9.27. The number of carbonyl (C=O) groups is 1. The molecule has 0 aromatic heterocycles. The second-order valence-electron chi connectivity index (χ2n) is 5.30. The van der Waals surface area contributed by atoms with E-state index in [0.29, 0.717) is 5.92 Å². The lowest BCUT2D eigenvalue weighted by atomic mass is 9.97. The highest BCUT2D eigenvalue weighted by Gasteiger charge is 2.22. The van der Waals surface area contributed by atoms with E-state index in [9.17, 15) is 9.90 Å². The summed E-state index contributed by atoms with van der Waals surface area (Å²) in [5.41, 5.74) is 0. The minimum atomic E-state index is -0.240. The van der Waals surface area contributed by atoms with Gasteiger partial charge in [-0.15, -0.1) is 0 Å². The summed E-state index contributed by atoms with van der Waals surface area (Å²) < 4.78 is 0. The number of rotatable bonds is 4. The SMILES string of the molecule is CC(C)CCC=O.CN1CC(O)CC(CO)C1. The van der Waals surface area contributed by atoms with E-state index >= 15 is 0 Å². The van der Waals surface area contributed by atoms with Crippen molar-refractivity contribution < 1.29 is 15.0 Å². The molecule has 1 rings (SSSR count). The third-order valence-corrected chi connectivity index (χ3v) is 2.82. The topological polar surface area (TPSA) is 60.8 Å². The first-order chi connectivity index (χ1) is 7.99. The highest BCUT2D eigenvalue weighted by molar-refractivity contribution is 5.48. The van der Waals surface area contributed by atoms with E-state index in [1.807, 2.05) is 7.05 Å². The van der Waals surface area contributed by atoms with E-state index in [1.54, 1.807) is 0 Å². The number of aldehydes is 1. The van der Waals surface area contributed by atoms with Crippen molar-refractivity contribution in [2.24, 2.45) is 11.8 Å². The van der Waals surface area contributed by atoms with Gasteiger partial charge in [-0.3, -0.25) is 0 Å². The lowest BCUT2D eigenvalue weighted by Crippen LogP contribution is -2.41. The van der Waals surface area contributed by atoms with Crippen LogP contribution in [0.15, 0.2) is 0 Å². The number of likely N-dealkylation sites (N-methyl/N-ethyl adjacent to an activating group) is 1. The Morgan fingerprint density at radius 2 is 2.06 bits per heavy atom. The Balaban J connectivity index is 0.000000325. The molecular formula is C13H27NO3. The van der Waals surface area contributed by atoms with Crippen molar-refractivity contribution in [3.63, 3.8) is 0 Å². The third-order valence-electron chi connectivity index (χ3n) is 2.82. The molecule has 0 aromatic carbocycles. The van der Waals surface area contributed by atoms with Crippen molar-refractivity contribution in [1.82, 2.24) is 4.90 Å². The van der Waals surface area contributed by atoms with Crippen molar-refractivity contribution in [2.45, 2.75) is 39.2 Å². The summed E-state index contributed by atoms with van der Waals surface area (Å²) in [6, 6.07) is 0. The van der Waals surface area contributed by atoms with E-state index in [1.165, 1.54) is 0 Å². The van der Waals surface area contributed by atoms with Crippen LogP contribution in [-0.4, -0.2) is 54.2 Å². The standard InChI is InChI=1S/C7H15NO2.C6H12O/c1-8-3-6(5-9)2-7(10)4-8;1-6(2)4-3-5-7/h6-7,9-10H,2-5H2,1H3;5-6H,3-4H2,1-2H3. The second kappa shape index (κ2) is 9.57. The predicted octanol–water partition coefficient (Wildman–Crippen LogP) is 0.913. The lowest BCUT2D eigenvalue weighted by Gasteiger charge is -2.31. The van der Waals surface area contributed by atoms with Gasteiger partial charge in [0.05, 0.1) is 6.10 Å². The van der Waals surface area contributed by atoms with Gasteiger partial charge in [0.25, 0.3) is 0 Å². The van der Waals surface area contributed by atoms with Crippen molar-refractivity contribution in [3.05, 3.63) is 0 Å². The summed E-state index contributed by atoms with van der Waals surface area (Å²) in [5.74, 6) is 0.943. The van der Waals surface area contributed by atoms with Gasteiger partial charge in [0.1, 0.15) is 6.29 Å². The maximum absolute atomic E-state index is 9.71. The lowest BCUT2D eigenvalue weighted by molar-refractivity contribution is -0.108. The zero-order chi connectivity index (χ0) is 13.3. The van der Waals surface area contributed by atoms with Crippen LogP contribution in [0.4, 0.5) is 0 Å². The average molecular weight is 245 g/mol. The van der Waals surface area contributed by atoms with Gasteiger partial charge in [-0.05, 0) is 31.7 Å². The van der Waals surface area contributed by atoms with E-state index in [4.69, 9.17) is 5.11 Å². The fourth-order valence-corrected chi connectivity index (χ4v) is 1.94. The summed E-state index contributed by atoms with van der Waals surface area (Å²) >= 11 is 0. The van der Waals surface area contributed by atoms with E-state index in [0.717, 1.165) is 38.6 Å². The van der Waals surface area contributed by atoms with E-state index < -0.39 is 0 Å². The second-order valence-corrected chi connectivity index (χ2v) is 5.30. The molecule has 2 unspecified atom stereocenters. The average Bonchev–Trinajstić information content (AvgIpc) is 2.25. The predicted molar refractivity (Wildman–Crippen MR) is 68.8 cm³/mol. The molecule has 4 heteroatoms. The van der Waals surface area contributed by atoms with Gasteiger partial charge < -0.3 is 19.9 Å². The van der Waals surface area contributed by atoms with Crippen molar-refractivity contribution in [2.75, 3.05) is 26.7 Å². The van der Waals surface area contributed by atoms with Crippen LogP contribution in [0.5, 0.6) is 0 Å². The van der Waals surface area contributed by atoms with Gasteiger partial charge in [-0.2, -0.15) is 0 Å². The van der Waals surface area contributed by atoms with Crippen LogP contribution in [0.3, 0.4) is 0 Å². The van der Waals surface area contributed by atoms with E-state index in [-0.39, 0.29) is 18.6 Å². The maximum Gasteiger partial charge on any atom is 0.120 e. The Bertz CT molecular complexity index is 187. The van der Waals surface area contributed by atoms with Gasteiger partial charge in [-0.1, -0.05) is 13.8 Å². The summed E-state index contributed by atoms with van der Waals surface area (Å²) in [4.78, 5) is 11.8. The van der Waals surface area contributed by atoms with Gasteiger partial charge >= 0.3 is 0 Å². The molecule has 0 saturated carbocycles. The largest absolute Gasteiger partial charge is 0.396 e. The fourth-order valence-electron chi connectivity index (χ4n) is 1.94. The molecule has 17 heavy (non-hydrogen) atoms. The molecule has 1 heterocycles. The van der Waals surface area contributed by atoms with Crippen LogP contribution >= 0.6 is 0 Å². The Labute approximate surface area is 105 Å². The molecule has 0 bridgehead atoms. The zero-order valence-electron chi connectivity index (χ0n) is 11.3. The van der Waals surface area contributed by atoms with Gasteiger partial charge in [0.15, 0.2) is 0 Å². The van der Waals surface area contributed by atoms with Gasteiger partial charge in [-0.25, -0.2) is 0 Å². The van der Waals surface area contributed by atoms with Crippen LogP contribution in [0.2, 0.25) is 0 Å². The summed E-state index contributed by atoms with van der Waals surface area (Å²) in [7, 11) is 1.96. The minimum Gasteiger partial charge on any atom is -0.396 e. The molecule has 1 fully saturated rings. The molecule has 102 valence electrons. The summed E-state index contributed by atoms with van der Waals surface area (Å²) in [5, 5.41) is 18.0. The molecule has 0 radical (unpaired) electrons. The number of aliphatic hydroxyl groups excluding tert-OH is 2. The number of aliphatic hydroxyl groups is 2. The molecule has 0 amide bonds. The minimum absolute atomic E-state index is 0.196. The molecule has 0 spiro atoms. The molecule has 1 aliphatic rings. The Kier molecular flexibility index (Phi) is 9.31. The first-order valence-electron chi connectivity index (χ1n) is 6.40. The molecular weight excluding hydrogens is 218 g/mol.